The number of carbonyl (C=O) groups excluding carboxylic acids is 1. The molecule has 23 heavy (non-hydrogen) atoms. The topological polar surface area (TPSA) is 87.7 Å². The molecule has 1 amide bonds. The van der Waals surface area contributed by atoms with Crippen LogP contribution in [0.15, 0.2) is 24.3 Å². The number of carbonyl (C=O) groups is 2. The van der Waals surface area contributed by atoms with Gasteiger partial charge in [-0.2, -0.15) is 0 Å². The van der Waals surface area contributed by atoms with Crippen molar-refractivity contribution in [1.29, 1.82) is 0 Å². The summed E-state index contributed by atoms with van der Waals surface area (Å²) in [6.07, 6.45) is 0.645. The van der Waals surface area contributed by atoms with Crippen LogP contribution in [0.4, 0.5) is 5.69 Å². The fourth-order valence-corrected chi connectivity index (χ4v) is 2.05. The molecule has 128 valence electrons. The van der Waals surface area contributed by atoms with Crippen LogP contribution in [0.3, 0.4) is 0 Å². The van der Waals surface area contributed by atoms with Crippen molar-refractivity contribution >= 4 is 29.2 Å². The third-order valence-corrected chi connectivity index (χ3v) is 3.33. The zero-order chi connectivity index (χ0) is 17.2. The van der Waals surface area contributed by atoms with Gasteiger partial charge in [0.2, 0.25) is 5.91 Å². The number of amides is 1. The van der Waals surface area contributed by atoms with E-state index in [9.17, 15) is 14.7 Å². The number of hydrogen-bond acceptors (Lipinski definition) is 4. The van der Waals surface area contributed by atoms with Crippen molar-refractivity contribution in [3.8, 4) is 0 Å². The first-order valence-electron chi connectivity index (χ1n) is 7.52. The molecule has 1 unspecified atom stereocenters. The number of carboxylic acid groups (broad SMARTS) is 1. The highest BCUT2D eigenvalue weighted by Gasteiger charge is 2.20. The average molecular weight is 343 g/mol. The van der Waals surface area contributed by atoms with E-state index in [1.807, 2.05) is 13.8 Å². The Kier molecular flexibility index (Phi) is 8.61. The van der Waals surface area contributed by atoms with Crippen LogP contribution in [-0.4, -0.2) is 42.3 Å². The predicted molar refractivity (Wildman–Crippen MR) is 89.8 cm³/mol. The van der Waals surface area contributed by atoms with Crippen molar-refractivity contribution in [2.75, 3.05) is 18.5 Å². The van der Waals surface area contributed by atoms with E-state index < -0.39 is 17.9 Å². The van der Waals surface area contributed by atoms with Gasteiger partial charge in [0.25, 0.3) is 0 Å². The van der Waals surface area contributed by atoms with Gasteiger partial charge in [0.15, 0.2) is 0 Å². The Morgan fingerprint density at radius 3 is 2.61 bits per heavy atom. The molecule has 0 aliphatic carbocycles. The zero-order valence-electron chi connectivity index (χ0n) is 13.3. The van der Waals surface area contributed by atoms with Crippen LogP contribution in [0.2, 0.25) is 5.02 Å². The number of para-hydroxylation sites is 1. The summed E-state index contributed by atoms with van der Waals surface area (Å²) in [6.45, 7) is 4.88. The van der Waals surface area contributed by atoms with E-state index in [-0.39, 0.29) is 12.5 Å². The summed E-state index contributed by atoms with van der Waals surface area (Å²) in [5.74, 6) is -1.47. The van der Waals surface area contributed by atoms with E-state index in [2.05, 4.69) is 10.6 Å². The van der Waals surface area contributed by atoms with Crippen molar-refractivity contribution in [2.24, 2.45) is 0 Å². The summed E-state index contributed by atoms with van der Waals surface area (Å²) in [4.78, 5) is 23.2. The molecule has 0 saturated carbocycles. The lowest BCUT2D eigenvalue weighted by atomic mass is 10.2. The molecule has 6 nitrogen and oxygen atoms in total. The van der Waals surface area contributed by atoms with Crippen molar-refractivity contribution in [3.63, 3.8) is 0 Å². The molecule has 1 rings (SSSR count). The number of hydrogen-bond donors (Lipinski definition) is 3. The molecular formula is C16H23ClN2O4. The van der Waals surface area contributed by atoms with Crippen molar-refractivity contribution in [1.82, 2.24) is 5.32 Å². The second kappa shape index (κ2) is 10.2. The van der Waals surface area contributed by atoms with Gasteiger partial charge in [0.1, 0.15) is 6.04 Å². The molecule has 3 N–H and O–H groups in total. The minimum atomic E-state index is -1.07. The average Bonchev–Trinajstić information content (AvgIpc) is 2.47. The fraction of sp³-hybridized carbons (Fsp3) is 0.500. The third-order valence-electron chi connectivity index (χ3n) is 3.00. The molecule has 0 saturated heterocycles. The largest absolute Gasteiger partial charge is 0.480 e. The van der Waals surface area contributed by atoms with Crippen LogP contribution in [0.5, 0.6) is 0 Å². The lowest BCUT2D eigenvalue weighted by Gasteiger charge is -2.15. The highest BCUT2D eigenvalue weighted by Crippen LogP contribution is 2.20. The highest BCUT2D eigenvalue weighted by atomic mass is 35.5. The first-order valence-corrected chi connectivity index (χ1v) is 7.90. The van der Waals surface area contributed by atoms with E-state index in [1.54, 1.807) is 24.3 Å². The maximum Gasteiger partial charge on any atom is 0.321 e. The first kappa shape index (κ1) is 19.4. The second-order valence-corrected chi connectivity index (χ2v) is 5.76. The van der Waals surface area contributed by atoms with E-state index in [1.165, 1.54) is 0 Å². The fourth-order valence-electron chi connectivity index (χ4n) is 1.86. The monoisotopic (exact) mass is 342 g/mol. The molecule has 0 aliphatic heterocycles. The standard InChI is InChI=1S/C16H23ClN2O4/c1-11(2)23-9-5-8-18-14(16(21)22)10-15(20)19-13-7-4-3-6-12(13)17/h3-4,6-7,11,14,18H,5,8-10H2,1-2H3,(H,19,20)(H,21,22). The minimum Gasteiger partial charge on any atom is -0.480 e. The van der Waals surface area contributed by atoms with Crippen LogP contribution < -0.4 is 10.6 Å². The molecule has 0 heterocycles. The summed E-state index contributed by atoms with van der Waals surface area (Å²) >= 11 is 5.95. The lowest BCUT2D eigenvalue weighted by molar-refractivity contribution is -0.141. The van der Waals surface area contributed by atoms with Crippen molar-refractivity contribution in [2.45, 2.75) is 38.8 Å². The van der Waals surface area contributed by atoms with Gasteiger partial charge in [-0.3, -0.25) is 9.59 Å². The molecule has 0 aliphatic rings. The second-order valence-electron chi connectivity index (χ2n) is 5.35. The normalized spacial score (nSPS) is 12.2. The quantitative estimate of drug-likeness (QED) is 0.569. The van der Waals surface area contributed by atoms with Gasteiger partial charge in [-0.05, 0) is 38.9 Å². The van der Waals surface area contributed by atoms with Gasteiger partial charge in [-0.25, -0.2) is 0 Å². The maximum atomic E-state index is 12.0. The van der Waals surface area contributed by atoms with E-state index in [0.717, 1.165) is 0 Å². The number of anilines is 1. The smallest absolute Gasteiger partial charge is 0.321 e. The number of nitrogens with one attached hydrogen (secondary N) is 2. The van der Waals surface area contributed by atoms with Crippen molar-refractivity contribution < 1.29 is 19.4 Å². The maximum absolute atomic E-state index is 12.0. The SMILES string of the molecule is CC(C)OCCCNC(CC(=O)Nc1ccccc1Cl)C(=O)O. The summed E-state index contributed by atoms with van der Waals surface area (Å²) in [5, 5.41) is 15.1. The molecule has 0 bridgehead atoms. The summed E-state index contributed by atoms with van der Waals surface area (Å²) in [5.41, 5.74) is 0.466. The van der Waals surface area contributed by atoms with Gasteiger partial charge in [-0.1, -0.05) is 23.7 Å². The Balaban J connectivity index is 2.41. The van der Waals surface area contributed by atoms with Crippen LogP contribution in [0.25, 0.3) is 0 Å². The van der Waals surface area contributed by atoms with E-state index in [0.29, 0.717) is 30.3 Å². The first-order chi connectivity index (χ1) is 10.9. The number of halogens is 1. The summed E-state index contributed by atoms with van der Waals surface area (Å²) < 4.78 is 5.38. The summed E-state index contributed by atoms with van der Waals surface area (Å²) in [7, 11) is 0. The molecule has 1 atom stereocenters. The minimum absolute atomic E-state index is 0.145. The number of benzene rings is 1. The molecule has 0 spiro atoms. The Morgan fingerprint density at radius 2 is 2.00 bits per heavy atom. The molecule has 0 aromatic heterocycles. The zero-order valence-corrected chi connectivity index (χ0v) is 14.1. The van der Waals surface area contributed by atoms with E-state index in [4.69, 9.17) is 16.3 Å². The number of carboxylic acids is 1. The molecule has 1 aromatic rings. The van der Waals surface area contributed by atoms with Gasteiger partial charge < -0.3 is 20.5 Å². The van der Waals surface area contributed by atoms with Crippen molar-refractivity contribution in [3.05, 3.63) is 29.3 Å². The Hall–Kier alpha value is -1.63. The lowest BCUT2D eigenvalue weighted by Crippen LogP contribution is -2.40. The van der Waals surface area contributed by atoms with Crippen LogP contribution in [0, 0.1) is 0 Å². The van der Waals surface area contributed by atoms with Crippen LogP contribution in [0.1, 0.15) is 26.7 Å². The highest BCUT2D eigenvalue weighted by molar-refractivity contribution is 6.33. The van der Waals surface area contributed by atoms with Gasteiger partial charge in [0, 0.05) is 6.61 Å². The van der Waals surface area contributed by atoms with Crippen LogP contribution in [-0.2, 0) is 14.3 Å². The third kappa shape index (κ3) is 7.97. The molecular weight excluding hydrogens is 320 g/mol. The predicted octanol–water partition coefficient (Wildman–Crippen LogP) is 2.53. The Labute approximate surface area is 141 Å². The van der Waals surface area contributed by atoms with Gasteiger partial charge in [0.05, 0.1) is 23.2 Å². The van der Waals surface area contributed by atoms with E-state index >= 15 is 0 Å². The molecule has 0 radical (unpaired) electrons. The Morgan fingerprint density at radius 1 is 1.30 bits per heavy atom. The van der Waals surface area contributed by atoms with Gasteiger partial charge >= 0.3 is 5.97 Å². The van der Waals surface area contributed by atoms with Crippen LogP contribution >= 0.6 is 11.6 Å². The molecule has 1 aromatic carbocycles. The summed E-state index contributed by atoms with van der Waals surface area (Å²) in [6, 6.07) is 5.85. The molecule has 7 heteroatoms. The number of aliphatic carboxylic acids is 1. The Bertz CT molecular complexity index is 523. The number of rotatable bonds is 10. The van der Waals surface area contributed by atoms with Gasteiger partial charge in [-0.15, -0.1) is 0 Å². The molecule has 0 fully saturated rings. The number of ether oxygens (including phenoxy) is 1.